The van der Waals surface area contributed by atoms with Gasteiger partial charge in [-0.25, -0.2) is 10.8 Å². The molecule has 0 saturated carbocycles. The predicted molar refractivity (Wildman–Crippen MR) is 62.6 cm³/mol. The largest absolute Gasteiger partial charge is 0.322 e. The van der Waals surface area contributed by atoms with Crippen molar-refractivity contribution in [2.75, 3.05) is 0 Å². The molecule has 5 nitrogen and oxygen atoms in total. The molecule has 3 N–H and O–H groups in total. The van der Waals surface area contributed by atoms with Crippen LogP contribution in [0.4, 0.5) is 0 Å². The number of carbonyl (C=O) groups is 1. The van der Waals surface area contributed by atoms with Gasteiger partial charge >= 0.3 is 0 Å². The van der Waals surface area contributed by atoms with Gasteiger partial charge in [0.15, 0.2) is 0 Å². The topological polar surface area (TPSA) is 72.9 Å². The lowest BCUT2D eigenvalue weighted by Crippen LogP contribution is -2.37. The first-order chi connectivity index (χ1) is 7.61. The number of imidazole rings is 1. The molecule has 1 amide bonds. The second-order valence-corrected chi connectivity index (χ2v) is 4.16. The van der Waals surface area contributed by atoms with E-state index in [0.29, 0.717) is 5.92 Å². The highest BCUT2D eigenvalue weighted by Gasteiger charge is 2.21. The minimum absolute atomic E-state index is 0.165. The molecule has 1 atom stereocenters. The molecule has 16 heavy (non-hydrogen) atoms. The van der Waals surface area contributed by atoms with Crippen molar-refractivity contribution in [2.45, 2.75) is 45.6 Å². The van der Waals surface area contributed by atoms with Crippen LogP contribution in [0.3, 0.4) is 0 Å². The number of aromatic nitrogens is 2. The first kappa shape index (κ1) is 12.7. The number of carbonyl (C=O) groups excluding carboxylic acids is 1. The summed E-state index contributed by atoms with van der Waals surface area (Å²) in [6.45, 7) is 6.16. The van der Waals surface area contributed by atoms with Crippen molar-refractivity contribution in [3.8, 4) is 0 Å². The van der Waals surface area contributed by atoms with Crippen molar-refractivity contribution in [1.29, 1.82) is 0 Å². The van der Waals surface area contributed by atoms with Gasteiger partial charge in [0, 0.05) is 18.3 Å². The maximum absolute atomic E-state index is 11.7. The van der Waals surface area contributed by atoms with Gasteiger partial charge in [-0.15, -0.1) is 0 Å². The van der Waals surface area contributed by atoms with Gasteiger partial charge in [0.05, 0.1) is 0 Å². The second-order valence-electron chi connectivity index (χ2n) is 4.16. The van der Waals surface area contributed by atoms with Gasteiger partial charge in [0.25, 0.3) is 5.91 Å². The van der Waals surface area contributed by atoms with E-state index in [0.717, 1.165) is 18.7 Å². The van der Waals surface area contributed by atoms with Gasteiger partial charge in [-0.2, -0.15) is 0 Å². The lowest BCUT2D eigenvalue weighted by molar-refractivity contribution is -0.124. The number of hydrogen-bond acceptors (Lipinski definition) is 3. The molecule has 1 rings (SSSR count). The lowest BCUT2D eigenvalue weighted by Gasteiger charge is -2.19. The van der Waals surface area contributed by atoms with Crippen LogP contribution in [0.2, 0.25) is 0 Å². The Morgan fingerprint density at radius 2 is 2.31 bits per heavy atom. The van der Waals surface area contributed by atoms with Gasteiger partial charge in [0.2, 0.25) is 0 Å². The maximum atomic E-state index is 11.7. The van der Waals surface area contributed by atoms with Crippen LogP contribution in [0, 0.1) is 0 Å². The molecule has 0 aliphatic carbocycles. The van der Waals surface area contributed by atoms with Gasteiger partial charge in [-0.1, -0.05) is 27.2 Å². The molecule has 1 aromatic rings. The van der Waals surface area contributed by atoms with E-state index in [2.05, 4.69) is 24.3 Å². The summed E-state index contributed by atoms with van der Waals surface area (Å²) in [6.07, 6.45) is 5.25. The normalized spacial score (nSPS) is 12.8. The van der Waals surface area contributed by atoms with Gasteiger partial charge in [-0.3, -0.25) is 10.2 Å². The number of nitrogens with zero attached hydrogens (tertiary/aromatic N) is 2. The summed E-state index contributed by atoms with van der Waals surface area (Å²) in [6, 6.07) is -0.255. The molecule has 0 fully saturated rings. The molecule has 1 heterocycles. The molecule has 0 saturated heterocycles. The fourth-order valence-electron chi connectivity index (χ4n) is 1.80. The molecule has 0 spiro atoms. The second kappa shape index (κ2) is 5.65. The molecule has 0 bridgehead atoms. The minimum atomic E-state index is -0.255. The summed E-state index contributed by atoms with van der Waals surface area (Å²) >= 11 is 0. The van der Waals surface area contributed by atoms with E-state index in [4.69, 9.17) is 5.84 Å². The molecule has 5 heteroatoms. The summed E-state index contributed by atoms with van der Waals surface area (Å²) in [4.78, 5) is 16.0. The van der Waals surface area contributed by atoms with Gasteiger partial charge in [0.1, 0.15) is 11.9 Å². The lowest BCUT2D eigenvalue weighted by atomic mass is 10.1. The van der Waals surface area contributed by atoms with E-state index >= 15 is 0 Å². The number of rotatable bonds is 5. The van der Waals surface area contributed by atoms with Crippen molar-refractivity contribution in [1.82, 2.24) is 15.0 Å². The third kappa shape index (κ3) is 2.61. The molecule has 90 valence electrons. The summed E-state index contributed by atoms with van der Waals surface area (Å²) < 4.78 is 1.91. The maximum Gasteiger partial charge on any atom is 0.256 e. The fourth-order valence-corrected chi connectivity index (χ4v) is 1.80. The first-order valence-corrected chi connectivity index (χ1v) is 5.65. The minimum Gasteiger partial charge on any atom is -0.322 e. The van der Waals surface area contributed by atoms with Crippen LogP contribution < -0.4 is 11.3 Å². The zero-order chi connectivity index (χ0) is 12.1. The van der Waals surface area contributed by atoms with Crippen molar-refractivity contribution < 1.29 is 4.79 Å². The standard InChI is InChI=1S/C11H20N4O/c1-4-5-9(11(16)14-12)15-7-6-13-10(15)8(2)3/h6-9H,4-5,12H2,1-3H3,(H,14,16). The smallest absolute Gasteiger partial charge is 0.256 e. The summed E-state index contributed by atoms with van der Waals surface area (Å²) in [5.74, 6) is 6.25. The number of amides is 1. The zero-order valence-electron chi connectivity index (χ0n) is 10.1. The van der Waals surface area contributed by atoms with E-state index in [9.17, 15) is 4.79 Å². The Hall–Kier alpha value is -1.36. The van der Waals surface area contributed by atoms with Crippen LogP contribution in [0.1, 0.15) is 51.4 Å². The van der Waals surface area contributed by atoms with Crippen LogP contribution >= 0.6 is 0 Å². The molecule has 1 unspecified atom stereocenters. The first-order valence-electron chi connectivity index (χ1n) is 5.65. The van der Waals surface area contributed by atoms with Gasteiger partial charge < -0.3 is 4.57 Å². The molecule has 0 aliphatic heterocycles. The van der Waals surface area contributed by atoms with Crippen LogP contribution in [-0.4, -0.2) is 15.5 Å². The monoisotopic (exact) mass is 224 g/mol. The zero-order valence-corrected chi connectivity index (χ0v) is 10.1. The van der Waals surface area contributed by atoms with E-state index in [1.807, 2.05) is 17.7 Å². The average Bonchev–Trinajstić information content (AvgIpc) is 2.73. The number of hydrogen-bond donors (Lipinski definition) is 2. The number of nitrogens with two attached hydrogens (primary N) is 1. The SMILES string of the molecule is CCCC(C(=O)NN)n1ccnc1C(C)C. The molecule has 0 aliphatic rings. The van der Waals surface area contributed by atoms with E-state index in [1.165, 1.54) is 0 Å². The molecule has 0 aromatic carbocycles. The highest BCUT2D eigenvalue weighted by Crippen LogP contribution is 2.20. The Kier molecular flexibility index (Phi) is 4.49. The number of hydrazine groups is 1. The molecule has 0 radical (unpaired) electrons. The van der Waals surface area contributed by atoms with E-state index < -0.39 is 0 Å². The quantitative estimate of drug-likeness (QED) is 0.450. The summed E-state index contributed by atoms with van der Waals surface area (Å²) in [5, 5.41) is 0. The number of nitrogens with one attached hydrogen (secondary N) is 1. The Labute approximate surface area is 96.0 Å². The Bertz CT molecular complexity index is 346. The highest BCUT2D eigenvalue weighted by atomic mass is 16.2. The average molecular weight is 224 g/mol. The van der Waals surface area contributed by atoms with Crippen molar-refractivity contribution in [3.05, 3.63) is 18.2 Å². The third-order valence-corrected chi connectivity index (χ3v) is 2.56. The van der Waals surface area contributed by atoms with Crippen molar-refractivity contribution >= 4 is 5.91 Å². The predicted octanol–water partition coefficient (Wildman–Crippen LogP) is 1.34. The molecule has 1 aromatic heterocycles. The third-order valence-electron chi connectivity index (χ3n) is 2.56. The summed E-state index contributed by atoms with van der Waals surface area (Å²) in [5.41, 5.74) is 2.22. The van der Waals surface area contributed by atoms with Crippen LogP contribution in [0.15, 0.2) is 12.4 Å². The van der Waals surface area contributed by atoms with Crippen LogP contribution in [0.5, 0.6) is 0 Å². The summed E-state index contributed by atoms with van der Waals surface area (Å²) in [7, 11) is 0. The van der Waals surface area contributed by atoms with Crippen LogP contribution in [0.25, 0.3) is 0 Å². The van der Waals surface area contributed by atoms with Crippen molar-refractivity contribution in [2.24, 2.45) is 5.84 Å². The molecular formula is C11H20N4O. The van der Waals surface area contributed by atoms with Gasteiger partial charge in [-0.05, 0) is 6.42 Å². The Balaban J connectivity index is 3.00. The highest BCUT2D eigenvalue weighted by molar-refractivity contribution is 5.79. The fraction of sp³-hybridized carbons (Fsp3) is 0.636. The van der Waals surface area contributed by atoms with E-state index in [1.54, 1.807) is 6.20 Å². The van der Waals surface area contributed by atoms with Crippen LogP contribution in [-0.2, 0) is 4.79 Å². The Morgan fingerprint density at radius 1 is 1.62 bits per heavy atom. The molecular weight excluding hydrogens is 204 g/mol. The Morgan fingerprint density at radius 3 is 2.81 bits per heavy atom. The van der Waals surface area contributed by atoms with E-state index in [-0.39, 0.29) is 11.9 Å². The van der Waals surface area contributed by atoms with Crippen molar-refractivity contribution in [3.63, 3.8) is 0 Å².